The van der Waals surface area contributed by atoms with Crippen LogP contribution >= 0.6 is 11.8 Å². The molecular formula is C13H18O2S. The highest BCUT2D eigenvalue weighted by molar-refractivity contribution is 7.99. The number of carboxylic acid groups (broad SMARTS) is 1. The summed E-state index contributed by atoms with van der Waals surface area (Å²) in [5, 5.41) is 9.09. The molecule has 0 atom stereocenters. The quantitative estimate of drug-likeness (QED) is 0.792. The Kier molecular flexibility index (Phi) is 4.87. The third kappa shape index (κ3) is 3.89. The van der Waals surface area contributed by atoms with Gasteiger partial charge in [0.1, 0.15) is 0 Å². The molecule has 0 heterocycles. The van der Waals surface area contributed by atoms with Crippen molar-refractivity contribution in [2.45, 2.75) is 32.1 Å². The predicted molar refractivity (Wildman–Crippen MR) is 68.3 cm³/mol. The van der Waals surface area contributed by atoms with Crippen LogP contribution in [0, 0.1) is 12.8 Å². The number of carbonyl (C=O) groups is 1. The number of thioether (sulfide) groups is 1. The van der Waals surface area contributed by atoms with E-state index < -0.39 is 5.97 Å². The molecule has 0 aliphatic carbocycles. The van der Waals surface area contributed by atoms with E-state index in [2.05, 4.69) is 13.8 Å². The van der Waals surface area contributed by atoms with Gasteiger partial charge in [0, 0.05) is 4.90 Å². The average molecular weight is 238 g/mol. The van der Waals surface area contributed by atoms with Gasteiger partial charge in [0.15, 0.2) is 0 Å². The standard InChI is InChI=1S/C13H18O2S/c1-9(2)6-7-16-12-5-4-10(3)8-11(12)13(14)15/h4-5,8-9H,6-7H2,1-3H3,(H,14,15). The highest BCUT2D eigenvalue weighted by atomic mass is 32.2. The van der Waals surface area contributed by atoms with Crippen molar-refractivity contribution in [2.24, 2.45) is 5.92 Å². The van der Waals surface area contributed by atoms with Crippen LogP contribution in [0.25, 0.3) is 0 Å². The molecule has 0 fully saturated rings. The highest BCUT2D eigenvalue weighted by Crippen LogP contribution is 2.25. The first-order chi connectivity index (χ1) is 7.50. The molecule has 16 heavy (non-hydrogen) atoms. The van der Waals surface area contributed by atoms with E-state index in [4.69, 9.17) is 5.11 Å². The number of rotatable bonds is 5. The molecule has 0 amide bonds. The summed E-state index contributed by atoms with van der Waals surface area (Å²) in [7, 11) is 0. The van der Waals surface area contributed by atoms with Crippen molar-refractivity contribution in [3.63, 3.8) is 0 Å². The molecule has 0 radical (unpaired) electrons. The number of hydrogen-bond donors (Lipinski definition) is 1. The summed E-state index contributed by atoms with van der Waals surface area (Å²) < 4.78 is 0. The van der Waals surface area contributed by atoms with Crippen LogP contribution in [0.3, 0.4) is 0 Å². The molecule has 0 aliphatic heterocycles. The molecular weight excluding hydrogens is 220 g/mol. The molecule has 1 N–H and O–H groups in total. The number of aromatic carboxylic acids is 1. The van der Waals surface area contributed by atoms with Gasteiger partial charge in [0.05, 0.1) is 5.56 Å². The van der Waals surface area contributed by atoms with Crippen LogP contribution in [0.15, 0.2) is 23.1 Å². The van der Waals surface area contributed by atoms with E-state index in [-0.39, 0.29) is 0 Å². The minimum Gasteiger partial charge on any atom is -0.478 e. The average Bonchev–Trinajstić information content (AvgIpc) is 2.19. The second kappa shape index (κ2) is 5.94. The van der Waals surface area contributed by atoms with E-state index in [0.29, 0.717) is 11.5 Å². The molecule has 0 bridgehead atoms. The van der Waals surface area contributed by atoms with Crippen LogP contribution < -0.4 is 0 Å². The molecule has 88 valence electrons. The van der Waals surface area contributed by atoms with Crippen LogP contribution in [0.5, 0.6) is 0 Å². The molecule has 1 aromatic carbocycles. The highest BCUT2D eigenvalue weighted by Gasteiger charge is 2.10. The van der Waals surface area contributed by atoms with E-state index in [0.717, 1.165) is 22.6 Å². The Bertz CT molecular complexity index is 372. The zero-order valence-corrected chi connectivity index (χ0v) is 10.8. The minimum absolute atomic E-state index is 0.425. The number of hydrogen-bond acceptors (Lipinski definition) is 2. The van der Waals surface area contributed by atoms with E-state index in [1.165, 1.54) is 0 Å². The van der Waals surface area contributed by atoms with Crippen LogP contribution in [0.1, 0.15) is 36.2 Å². The molecule has 0 spiro atoms. The lowest BCUT2D eigenvalue weighted by Gasteiger charge is -2.08. The van der Waals surface area contributed by atoms with Gasteiger partial charge in [-0.2, -0.15) is 0 Å². The summed E-state index contributed by atoms with van der Waals surface area (Å²) in [4.78, 5) is 11.9. The van der Waals surface area contributed by atoms with Crippen molar-refractivity contribution < 1.29 is 9.90 Å². The summed E-state index contributed by atoms with van der Waals surface area (Å²) in [5.41, 5.74) is 1.42. The maximum absolute atomic E-state index is 11.1. The SMILES string of the molecule is Cc1ccc(SCCC(C)C)c(C(=O)O)c1. The Morgan fingerprint density at radius 2 is 2.12 bits per heavy atom. The van der Waals surface area contributed by atoms with Gasteiger partial charge in [0.25, 0.3) is 0 Å². The van der Waals surface area contributed by atoms with Crippen molar-refractivity contribution >= 4 is 17.7 Å². The molecule has 2 nitrogen and oxygen atoms in total. The van der Waals surface area contributed by atoms with Gasteiger partial charge >= 0.3 is 5.97 Å². The lowest BCUT2D eigenvalue weighted by molar-refractivity contribution is 0.0693. The fourth-order valence-electron chi connectivity index (χ4n) is 1.34. The van der Waals surface area contributed by atoms with Crippen molar-refractivity contribution in [2.75, 3.05) is 5.75 Å². The van der Waals surface area contributed by atoms with Crippen LogP contribution in [-0.4, -0.2) is 16.8 Å². The molecule has 0 aromatic heterocycles. The van der Waals surface area contributed by atoms with E-state index in [1.54, 1.807) is 17.8 Å². The number of aryl methyl sites for hydroxylation is 1. The second-order valence-corrected chi connectivity index (χ2v) is 5.47. The zero-order chi connectivity index (χ0) is 12.1. The lowest BCUT2D eigenvalue weighted by Crippen LogP contribution is -2.00. The van der Waals surface area contributed by atoms with Crippen LogP contribution in [-0.2, 0) is 0 Å². The number of benzene rings is 1. The molecule has 0 aliphatic rings. The van der Waals surface area contributed by atoms with Crippen molar-refractivity contribution in [3.05, 3.63) is 29.3 Å². The van der Waals surface area contributed by atoms with Gasteiger partial charge in [0.2, 0.25) is 0 Å². The van der Waals surface area contributed by atoms with Gasteiger partial charge in [-0.1, -0.05) is 25.5 Å². The lowest BCUT2D eigenvalue weighted by atomic mass is 10.1. The smallest absolute Gasteiger partial charge is 0.336 e. The Morgan fingerprint density at radius 1 is 1.44 bits per heavy atom. The zero-order valence-electron chi connectivity index (χ0n) is 9.99. The normalized spacial score (nSPS) is 10.8. The van der Waals surface area contributed by atoms with Gasteiger partial charge in [-0.25, -0.2) is 4.79 Å². The van der Waals surface area contributed by atoms with Gasteiger partial charge in [-0.3, -0.25) is 0 Å². The van der Waals surface area contributed by atoms with Gasteiger partial charge in [-0.15, -0.1) is 11.8 Å². The summed E-state index contributed by atoms with van der Waals surface area (Å²) in [6.45, 7) is 6.26. The van der Waals surface area contributed by atoms with Crippen molar-refractivity contribution in [3.8, 4) is 0 Å². The maximum atomic E-state index is 11.1. The topological polar surface area (TPSA) is 37.3 Å². The number of carboxylic acids is 1. The van der Waals surface area contributed by atoms with Crippen LogP contribution in [0.4, 0.5) is 0 Å². The molecule has 1 rings (SSSR count). The van der Waals surface area contributed by atoms with Crippen molar-refractivity contribution in [1.82, 2.24) is 0 Å². The molecule has 3 heteroatoms. The predicted octanol–water partition coefficient (Wildman–Crippen LogP) is 3.83. The Hall–Kier alpha value is -0.960. The fourth-order valence-corrected chi connectivity index (χ4v) is 2.62. The minimum atomic E-state index is -0.837. The maximum Gasteiger partial charge on any atom is 0.336 e. The van der Waals surface area contributed by atoms with Gasteiger partial charge in [-0.05, 0) is 37.1 Å². The van der Waals surface area contributed by atoms with Gasteiger partial charge < -0.3 is 5.11 Å². The third-order valence-electron chi connectivity index (χ3n) is 2.32. The molecule has 1 aromatic rings. The summed E-state index contributed by atoms with van der Waals surface area (Å²) >= 11 is 1.63. The monoisotopic (exact) mass is 238 g/mol. The summed E-state index contributed by atoms with van der Waals surface area (Å²) in [6.07, 6.45) is 1.11. The second-order valence-electron chi connectivity index (χ2n) is 4.34. The summed E-state index contributed by atoms with van der Waals surface area (Å²) in [5.74, 6) is 0.794. The molecule has 0 saturated carbocycles. The molecule has 0 unspecified atom stereocenters. The van der Waals surface area contributed by atoms with E-state index in [9.17, 15) is 4.79 Å². The fraction of sp³-hybridized carbons (Fsp3) is 0.462. The van der Waals surface area contributed by atoms with Crippen molar-refractivity contribution in [1.29, 1.82) is 0 Å². The third-order valence-corrected chi connectivity index (χ3v) is 3.43. The largest absolute Gasteiger partial charge is 0.478 e. The summed E-state index contributed by atoms with van der Waals surface area (Å²) in [6, 6.07) is 5.61. The Balaban J connectivity index is 2.75. The first kappa shape index (κ1) is 13.1. The first-order valence-corrected chi connectivity index (χ1v) is 6.46. The van der Waals surface area contributed by atoms with Crippen LogP contribution in [0.2, 0.25) is 0 Å². The Labute approximate surface area is 101 Å². The molecule has 0 saturated heterocycles. The Morgan fingerprint density at radius 3 is 2.69 bits per heavy atom. The van der Waals surface area contributed by atoms with E-state index >= 15 is 0 Å². The first-order valence-electron chi connectivity index (χ1n) is 5.47. The van der Waals surface area contributed by atoms with E-state index in [1.807, 2.05) is 19.1 Å².